The van der Waals surface area contributed by atoms with Crippen molar-refractivity contribution in [2.24, 2.45) is 0 Å². The fourth-order valence-electron chi connectivity index (χ4n) is 1.78. The van der Waals surface area contributed by atoms with Gasteiger partial charge in [0.05, 0.1) is 24.0 Å². The van der Waals surface area contributed by atoms with Crippen molar-refractivity contribution < 1.29 is 9.52 Å². The molecule has 0 saturated carbocycles. The zero-order valence-electron chi connectivity index (χ0n) is 9.88. The first-order valence-electron chi connectivity index (χ1n) is 5.71. The summed E-state index contributed by atoms with van der Waals surface area (Å²) in [6.45, 7) is 0.522. The molecule has 0 aliphatic rings. The third-order valence-electron chi connectivity index (χ3n) is 2.70. The van der Waals surface area contributed by atoms with E-state index < -0.39 is 5.76 Å². The fraction of sp³-hybridized carbons (Fsp3) is 0.0769. The molecule has 0 unspecified atom stereocenters. The van der Waals surface area contributed by atoms with Gasteiger partial charge >= 0.3 is 5.76 Å². The second kappa shape index (κ2) is 4.49. The van der Waals surface area contributed by atoms with E-state index in [4.69, 9.17) is 9.52 Å². The third kappa shape index (κ3) is 2.42. The van der Waals surface area contributed by atoms with Crippen LogP contribution in [0, 0.1) is 0 Å². The number of hydrogen-bond acceptors (Lipinski definition) is 5. The first kappa shape index (κ1) is 11.3. The number of nitrogens with one attached hydrogen (secondary N) is 2. The Labute approximate surface area is 107 Å². The van der Waals surface area contributed by atoms with Crippen molar-refractivity contribution in [2.75, 3.05) is 5.32 Å². The Bertz CT molecular complexity index is 759. The highest BCUT2D eigenvalue weighted by atomic mass is 16.4. The van der Waals surface area contributed by atoms with E-state index in [0.717, 1.165) is 11.4 Å². The number of aromatic nitrogens is 2. The average Bonchev–Trinajstić information content (AvgIpc) is 2.77. The van der Waals surface area contributed by atoms with Gasteiger partial charge in [-0.25, -0.2) is 4.79 Å². The Morgan fingerprint density at radius 1 is 1.32 bits per heavy atom. The van der Waals surface area contributed by atoms with Gasteiger partial charge in [0.15, 0.2) is 5.58 Å². The van der Waals surface area contributed by atoms with Gasteiger partial charge in [0.1, 0.15) is 5.75 Å². The van der Waals surface area contributed by atoms with Gasteiger partial charge in [0.2, 0.25) is 0 Å². The second-order valence-corrected chi connectivity index (χ2v) is 4.09. The van der Waals surface area contributed by atoms with E-state index in [0.29, 0.717) is 17.6 Å². The lowest BCUT2D eigenvalue weighted by Gasteiger charge is -2.05. The van der Waals surface area contributed by atoms with Crippen LogP contribution in [0.5, 0.6) is 5.75 Å². The molecular formula is C13H11N3O3. The van der Waals surface area contributed by atoms with Gasteiger partial charge in [-0.1, -0.05) is 0 Å². The van der Waals surface area contributed by atoms with Gasteiger partial charge in [-0.15, -0.1) is 0 Å². The van der Waals surface area contributed by atoms with E-state index in [1.807, 2.05) is 6.07 Å². The molecule has 0 atom stereocenters. The number of oxazole rings is 1. The molecule has 3 rings (SSSR count). The summed E-state index contributed by atoms with van der Waals surface area (Å²) >= 11 is 0. The number of nitrogens with zero attached hydrogens (tertiary/aromatic N) is 1. The minimum absolute atomic E-state index is 0.140. The Morgan fingerprint density at radius 3 is 3.00 bits per heavy atom. The van der Waals surface area contributed by atoms with Crippen LogP contribution in [-0.4, -0.2) is 15.1 Å². The van der Waals surface area contributed by atoms with Crippen LogP contribution in [0.4, 0.5) is 5.69 Å². The maximum absolute atomic E-state index is 11.0. The first-order valence-corrected chi connectivity index (χ1v) is 5.71. The van der Waals surface area contributed by atoms with E-state index in [1.54, 1.807) is 24.3 Å². The number of aromatic hydroxyl groups is 1. The average molecular weight is 257 g/mol. The minimum atomic E-state index is -0.465. The fourth-order valence-corrected chi connectivity index (χ4v) is 1.78. The van der Waals surface area contributed by atoms with E-state index in [1.165, 1.54) is 6.20 Å². The normalized spacial score (nSPS) is 10.7. The quantitative estimate of drug-likeness (QED) is 0.666. The summed E-state index contributed by atoms with van der Waals surface area (Å²) in [6.07, 6.45) is 1.40. The van der Waals surface area contributed by atoms with Crippen LogP contribution in [0.15, 0.2) is 45.7 Å². The number of hydrogen-bond donors (Lipinski definition) is 3. The number of pyridine rings is 1. The van der Waals surface area contributed by atoms with Gasteiger partial charge in [-0.3, -0.25) is 9.97 Å². The lowest BCUT2D eigenvalue weighted by molar-refractivity contribution is 0.472. The largest absolute Gasteiger partial charge is 0.506 e. The Hall–Kier alpha value is -2.76. The smallest absolute Gasteiger partial charge is 0.417 e. The number of benzene rings is 1. The SMILES string of the molecule is O=c1[nH]c2cc(NCc3ccc(O)cn3)ccc2o1. The molecule has 3 aromatic rings. The van der Waals surface area contributed by atoms with E-state index in [9.17, 15) is 4.79 Å². The zero-order valence-corrected chi connectivity index (χ0v) is 9.88. The van der Waals surface area contributed by atoms with E-state index in [-0.39, 0.29) is 5.75 Å². The number of fused-ring (bicyclic) bond motifs is 1. The van der Waals surface area contributed by atoms with Gasteiger partial charge in [-0.05, 0) is 30.3 Å². The molecule has 1 aromatic carbocycles. The molecule has 0 saturated heterocycles. The van der Waals surface area contributed by atoms with Gasteiger partial charge < -0.3 is 14.8 Å². The summed E-state index contributed by atoms with van der Waals surface area (Å²) < 4.78 is 4.92. The van der Waals surface area contributed by atoms with Gasteiger partial charge in [-0.2, -0.15) is 0 Å². The Kier molecular flexibility index (Phi) is 2.68. The summed E-state index contributed by atoms with van der Waals surface area (Å²) in [5.74, 6) is -0.325. The van der Waals surface area contributed by atoms with Crippen molar-refractivity contribution in [2.45, 2.75) is 6.54 Å². The summed E-state index contributed by atoms with van der Waals surface area (Å²) in [6, 6.07) is 8.65. The predicted molar refractivity (Wildman–Crippen MR) is 70.1 cm³/mol. The highest BCUT2D eigenvalue weighted by Crippen LogP contribution is 2.16. The maximum atomic E-state index is 11.0. The summed E-state index contributed by atoms with van der Waals surface area (Å²) in [4.78, 5) is 17.7. The van der Waals surface area contributed by atoms with Gasteiger partial charge in [0.25, 0.3) is 0 Å². The molecule has 0 amide bonds. The molecule has 0 spiro atoms. The highest BCUT2D eigenvalue weighted by molar-refractivity contribution is 5.76. The standard InChI is InChI=1S/C13H11N3O3/c17-10-3-1-9(15-7-10)6-14-8-2-4-12-11(5-8)16-13(18)19-12/h1-5,7,14,17H,6H2,(H,16,18). The van der Waals surface area contributed by atoms with Crippen molar-refractivity contribution in [3.63, 3.8) is 0 Å². The van der Waals surface area contributed by atoms with Gasteiger partial charge in [0, 0.05) is 5.69 Å². The van der Waals surface area contributed by atoms with Crippen molar-refractivity contribution in [1.29, 1.82) is 0 Å². The van der Waals surface area contributed by atoms with Crippen molar-refractivity contribution in [3.05, 3.63) is 52.8 Å². The highest BCUT2D eigenvalue weighted by Gasteiger charge is 2.02. The lowest BCUT2D eigenvalue weighted by atomic mass is 10.2. The monoisotopic (exact) mass is 257 g/mol. The van der Waals surface area contributed by atoms with Crippen molar-refractivity contribution >= 4 is 16.8 Å². The molecule has 2 heterocycles. The first-order chi connectivity index (χ1) is 9.20. The van der Waals surface area contributed by atoms with E-state index in [2.05, 4.69) is 15.3 Å². The lowest BCUT2D eigenvalue weighted by Crippen LogP contribution is -2.01. The molecule has 96 valence electrons. The van der Waals surface area contributed by atoms with Crippen LogP contribution >= 0.6 is 0 Å². The van der Waals surface area contributed by atoms with Crippen molar-refractivity contribution in [3.8, 4) is 5.75 Å². The third-order valence-corrected chi connectivity index (χ3v) is 2.70. The maximum Gasteiger partial charge on any atom is 0.417 e. The summed E-state index contributed by atoms with van der Waals surface area (Å²) in [7, 11) is 0. The molecule has 0 fully saturated rings. The number of rotatable bonds is 3. The number of H-pyrrole nitrogens is 1. The van der Waals surface area contributed by atoms with Crippen LogP contribution in [0.3, 0.4) is 0 Å². The Balaban J connectivity index is 1.77. The Morgan fingerprint density at radius 2 is 2.21 bits per heavy atom. The molecule has 19 heavy (non-hydrogen) atoms. The van der Waals surface area contributed by atoms with E-state index >= 15 is 0 Å². The number of anilines is 1. The minimum Gasteiger partial charge on any atom is -0.506 e. The molecule has 0 bridgehead atoms. The molecule has 6 nitrogen and oxygen atoms in total. The summed E-state index contributed by atoms with van der Waals surface area (Å²) in [5.41, 5.74) is 2.82. The van der Waals surface area contributed by atoms with Crippen LogP contribution in [0.25, 0.3) is 11.1 Å². The molecule has 0 aliphatic heterocycles. The molecule has 0 radical (unpaired) electrons. The number of aromatic amines is 1. The topological polar surface area (TPSA) is 91.2 Å². The molecule has 2 aromatic heterocycles. The molecule has 6 heteroatoms. The van der Waals surface area contributed by atoms with Crippen LogP contribution in [-0.2, 0) is 6.54 Å². The second-order valence-electron chi connectivity index (χ2n) is 4.09. The molecule has 0 aliphatic carbocycles. The predicted octanol–water partition coefficient (Wildman–Crippen LogP) is 1.83. The molecule has 3 N–H and O–H groups in total. The van der Waals surface area contributed by atoms with Crippen LogP contribution in [0.1, 0.15) is 5.69 Å². The van der Waals surface area contributed by atoms with Crippen LogP contribution in [0.2, 0.25) is 0 Å². The van der Waals surface area contributed by atoms with Crippen molar-refractivity contribution in [1.82, 2.24) is 9.97 Å². The zero-order chi connectivity index (χ0) is 13.2. The molecular weight excluding hydrogens is 246 g/mol. The van der Waals surface area contributed by atoms with Crippen LogP contribution < -0.4 is 11.1 Å². The summed E-state index contributed by atoms with van der Waals surface area (Å²) in [5, 5.41) is 12.3.